The fourth-order valence-corrected chi connectivity index (χ4v) is 3.78. The lowest BCUT2D eigenvalue weighted by molar-refractivity contribution is 0.0644. The minimum absolute atomic E-state index is 0.239. The zero-order chi connectivity index (χ0) is 22.6. The van der Waals surface area contributed by atoms with Gasteiger partial charge in [-0.25, -0.2) is 4.63 Å². The molecule has 3 rings (SSSR count). The number of nitrogens with zero attached hydrogens (tertiary/aromatic N) is 3. The largest absolute Gasteiger partial charge is 0.493 e. The molecular formula is C23H36N4O5. The van der Waals surface area contributed by atoms with E-state index in [0.29, 0.717) is 49.3 Å². The minimum atomic E-state index is -0.535. The molecule has 1 unspecified atom stereocenters. The highest BCUT2D eigenvalue weighted by molar-refractivity contribution is 5.43. The van der Waals surface area contributed by atoms with Crippen molar-refractivity contribution in [2.24, 2.45) is 0 Å². The molecule has 0 radical (unpaired) electrons. The third-order valence-electron chi connectivity index (χ3n) is 5.53. The van der Waals surface area contributed by atoms with E-state index < -0.39 is 6.10 Å². The Kier molecular flexibility index (Phi) is 10.1. The summed E-state index contributed by atoms with van der Waals surface area (Å²) < 4.78 is 21.5. The average molecular weight is 449 g/mol. The van der Waals surface area contributed by atoms with Gasteiger partial charge in [0.05, 0.1) is 7.11 Å². The number of aliphatic hydroxyl groups excluding tert-OH is 1. The molecule has 1 fully saturated rings. The number of methoxy groups -OCH3 is 1. The van der Waals surface area contributed by atoms with Gasteiger partial charge in [-0.1, -0.05) is 30.5 Å². The van der Waals surface area contributed by atoms with Crippen molar-refractivity contribution < 1.29 is 23.9 Å². The molecule has 1 atom stereocenters. The van der Waals surface area contributed by atoms with E-state index in [1.54, 1.807) is 14.0 Å². The number of hydrogen-bond acceptors (Lipinski definition) is 9. The van der Waals surface area contributed by atoms with E-state index in [2.05, 4.69) is 25.2 Å². The first-order chi connectivity index (χ1) is 15.7. The van der Waals surface area contributed by atoms with Crippen molar-refractivity contribution in [3.63, 3.8) is 0 Å². The van der Waals surface area contributed by atoms with Crippen LogP contribution in [0.5, 0.6) is 17.4 Å². The lowest BCUT2D eigenvalue weighted by Crippen LogP contribution is -2.37. The second-order valence-corrected chi connectivity index (χ2v) is 8.20. The van der Waals surface area contributed by atoms with Crippen molar-refractivity contribution in [2.45, 2.75) is 51.7 Å². The second-order valence-electron chi connectivity index (χ2n) is 8.20. The number of β-amino-alcohol motifs (C(OH)–C–C–N with tert-alkyl or cyclic N) is 1. The first-order valence-electron chi connectivity index (χ1n) is 11.5. The average Bonchev–Trinajstić information content (AvgIpc) is 3.18. The van der Waals surface area contributed by atoms with Gasteiger partial charge in [0.15, 0.2) is 11.5 Å². The van der Waals surface area contributed by atoms with Crippen molar-refractivity contribution in [2.75, 3.05) is 46.5 Å². The van der Waals surface area contributed by atoms with E-state index in [9.17, 15) is 5.11 Å². The molecule has 0 saturated carbocycles. The highest BCUT2D eigenvalue weighted by Gasteiger charge is 2.15. The van der Waals surface area contributed by atoms with Gasteiger partial charge in [0.25, 0.3) is 5.88 Å². The van der Waals surface area contributed by atoms with Crippen LogP contribution in [-0.4, -0.2) is 72.9 Å². The van der Waals surface area contributed by atoms with Crippen LogP contribution in [0.25, 0.3) is 0 Å². The summed E-state index contributed by atoms with van der Waals surface area (Å²) in [7, 11) is 1.62. The third-order valence-corrected chi connectivity index (χ3v) is 5.53. The molecule has 9 heteroatoms. The summed E-state index contributed by atoms with van der Waals surface area (Å²) in [5.74, 6) is 1.71. The molecule has 1 aromatic heterocycles. The Hall–Kier alpha value is -2.36. The molecule has 1 saturated heterocycles. The number of hydrogen-bond donors (Lipinski definition) is 2. The van der Waals surface area contributed by atoms with Gasteiger partial charge in [-0.05, 0) is 55.7 Å². The Morgan fingerprint density at radius 1 is 1.09 bits per heavy atom. The van der Waals surface area contributed by atoms with Crippen LogP contribution in [0.3, 0.4) is 0 Å². The van der Waals surface area contributed by atoms with Crippen LogP contribution < -0.4 is 19.5 Å². The van der Waals surface area contributed by atoms with Gasteiger partial charge in [0.1, 0.15) is 25.0 Å². The van der Waals surface area contributed by atoms with Crippen LogP contribution in [0.4, 0.5) is 0 Å². The van der Waals surface area contributed by atoms with Crippen LogP contribution in [0.15, 0.2) is 22.8 Å². The van der Waals surface area contributed by atoms with Gasteiger partial charge in [0.2, 0.25) is 0 Å². The maximum Gasteiger partial charge on any atom is 0.278 e. The summed E-state index contributed by atoms with van der Waals surface area (Å²) >= 11 is 0. The third kappa shape index (κ3) is 7.96. The molecule has 0 spiro atoms. The topological polar surface area (TPSA) is 102 Å². The number of aliphatic hydroxyl groups is 1. The van der Waals surface area contributed by atoms with Crippen LogP contribution in [0, 0.1) is 6.92 Å². The number of aromatic nitrogens is 2. The number of aryl methyl sites for hydroxylation is 1. The van der Waals surface area contributed by atoms with Gasteiger partial charge < -0.3 is 29.5 Å². The van der Waals surface area contributed by atoms with Gasteiger partial charge in [-0.3, -0.25) is 0 Å². The van der Waals surface area contributed by atoms with Gasteiger partial charge in [0, 0.05) is 19.6 Å². The Morgan fingerprint density at radius 2 is 1.88 bits per heavy atom. The Balaban J connectivity index is 1.42. The summed E-state index contributed by atoms with van der Waals surface area (Å²) in [6.45, 7) is 6.52. The van der Waals surface area contributed by atoms with Crippen molar-refractivity contribution in [1.82, 2.24) is 20.5 Å². The molecule has 0 aliphatic carbocycles. The van der Waals surface area contributed by atoms with Crippen molar-refractivity contribution in [3.8, 4) is 17.4 Å². The smallest absolute Gasteiger partial charge is 0.278 e. The zero-order valence-corrected chi connectivity index (χ0v) is 19.2. The molecule has 32 heavy (non-hydrogen) atoms. The van der Waals surface area contributed by atoms with Crippen molar-refractivity contribution in [3.05, 3.63) is 29.5 Å². The summed E-state index contributed by atoms with van der Waals surface area (Å²) in [5, 5.41) is 21.2. The van der Waals surface area contributed by atoms with E-state index in [1.165, 1.54) is 32.1 Å². The molecule has 1 aliphatic heterocycles. The standard InChI is InChI=1S/C23H36N4O5/c1-18-23(26-32-25-18)30-13-10-24-15-19-8-9-21(29-2)22(14-19)31-17-20(28)16-27-11-6-4-3-5-7-12-27/h8-9,14,20,24,28H,3-7,10-13,15-17H2,1-2H3. The van der Waals surface area contributed by atoms with Crippen molar-refractivity contribution >= 4 is 0 Å². The van der Waals surface area contributed by atoms with Crippen molar-refractivity contribution in [1.29, 1.82) is 0 Å². The highest BCUT2D eigenvalue weighted by Crippen LogP contribution is 2.28. The Morgan fingerprint density at radius 3 is 2.59 bits per heavy atom. The van der Waals surface area contributed by atoms with E-state index in [0.717, 1.165) is 18.7 Å². The first-order valence-corrected chi connectivity index (χ1v) is 11.5. The summed E-state index contributed by atoms with van der Waals surface area (Å²) in [6.07, 6.45) is 5.77. The number of rotatable bonds is 12. The molecule has 2 aromatic rings. The summed E-state index contributed by atoms with van der Waals surface area (Å²) in [5.41, 5.74) is 1.69. The molecule has 9 nitrogen and oxygen atoms in total. The first kappa shape index (κ1) is 24.3. The number of nitrogens with one attached hydrogen (secondary N) is 1. The lowest BCUT2D eigenvalue weighted by Gasteiger charge is -2.26. The molecule has 2 heterocycles. The number of ether oxygens (including phenoxy) is 3. The van der Waals surface area contributed by atoms with E-state index in [1.807, 2.05) is 18.2 Å². The number of benzene rings is 1. The summed E-state index contributed by atoms with van der Waals surface area (Å²) in [6, 6.07) is 5.82. The molecule has 1 aromatic carbocycles. The normalized spacial score (nSPS) is 16.2. The Bertz CT molecular complexity index is 792. The molecule has 0 amide bonds. The quantitative estimate of drug-likeness (QED) is 0.474. The molecular weight excluding hydrogens is 412 g/mol. The SMILES string of the molecule is COc1ccc(CNCCOc2nonc2C)cc1OCC(O)CN1CCCCCCC1. The highest BCUT2D eigenvalue weighted by atomic mass is 16.6. The van der Waals surface area contributed by atoms with Gasteiger partial charge >= 0.3 is 0 Å². The minimum Gasteiger partial charge on any atom is -0.493 e. The zero-order valence-electron chi connectivity index (χ0n) is 19.2. The molecule has 0 bridgehead atoms. The summed E-state index contributed by atoms with van der Waals surface area (Å²) in [4.78, 5) is 2.35. The molecule has 178 valence electrons. The molecule has 1 aliphatic rings. The molecule has 2 N–H and O–H groups in total. The fourth-order valence-electron chi connectivity index (χ4n) is 3.78. The maximum atomic E-state index is 10.5. The predicted octanol–water partition coefficient (Wildman–Crippen LogP) is 2.56. The second kappa shape index (κ2) is 13.2. The van der Waals surface area contributed by atoms with Crippen LogP contribution in [0.2, 0.25) is 0 Å². The number of likely N-dealkylation sites (tertiary alicyclic amines) is 1. The van der Waals surface area contributed by atoms with Gasteiger partial charge in [-0.2, -0.15) is 0 Å². The Labute approximate surface area is 190 Å². The fraction of sp³-hybridized carbons (Fsp3) is 0.652. The van der Waals surface area contributed by atoms with E-state index in [4.69, 9.17) is 14.2 Å². The van der Waals surface area contributed by atoms with Crippen LogP contribution in [0.1, 0.15) is 43.4 Å². The van der Waals surface area contributed by atoms with Crippen LogP contribution >= 0.6 is 0 Å². The lowest BCUT2D eigenvalue weighted by atomic mass is 10.1. The van der Waals surface area contributed by atoms with E-state index >= 15 is 0 Å². The van der Waals surface area contributed by atoms with Crippen LogP contribution in [-0.2, 0) is 6.54 Å². The van der Waals surface area contributed by atoms with E-state index in [-0.39, 0.29) is 6.61 Å². The monoisotopic (exact) mass is 448 g/mol. The maximum absolute atomic E-state index is 10.5. The predicted molar refractivity (Wildman–Crippen MR) is 120 cm³/mol. The van der Waals surface area contributed by atoms with Gasteiger partial charge in [-0.15, -0.1) is 0 Å².